The Kier molecular flexibility index (Phi) is 8.01. The fourth-order valence-corrected chi connectivity index (χ4v) is 4.42. The van der Waals surface area contributed by atoms with Gasteiger partial charge in [-0.1, -0.05) is 43.0 Å². The van der Waals surface area contributed by atoms with Crippen LogP contribution in [0.5, 0.6) is 0 Å². The summed E-state index contributed by atoms with van der Waals surface area (Å²) < 4.78 is 12.6. The Morgan fingerprint density at radius 1 is 0.750 bits per heavy atom. The van der Waals surface area contributed by atoms with Crippen LogP contribution in [0.4, 0.5) is 0 Å². The van der Waals surface area contributed by atoms with Gasteiger partial charge in [-0.25, -0.2) is 9.59 Å². The van der Waals surface area contributed by atoms with Crippen LogP contribution >= 0.6 is 0 Å². The van der Waals surface area contributed by atoms with Crippen molar-refractivity contribution in [2.45, 2.75) is 32.6 Å². The second-order valence-corrected chi connectivity index (χ2v) is 8.82. The monoisotopic (exact) mass is 481 g/mol. The van der Waals surface area contributed by atoms with Crippen LogP contribution in [0.1, 0.15) is 29.5 Å². The Bertz CT molecular complexity index is 1330. The first-order chi connectivity index (χ1) is 17.5. The van der Waals surface area contributed by atoms with Gasteiger partial charge in [0.25, 0.3) is 0 Å². The first kappa shape index (κ1) is 25.0. The van der Waals surface area contributed by atoms with E-state index in [1.54, 1.807) is 0 Å². The minimum atomic E-state index is -0.390. The summed E-state index contributed by atoms with van der Waals surface area (Å²) in [4.78, 5) is 22.6. The molecule has 1 heterocycles. The van der Waals surface area contributed by atoms with Crippen LogP contribution in [0, 0.1) is 6.92 Å². The molecule has 4 aromatic rings. The minimum Gasteiger partial charge on any atom is -0.463 e. The third-order valence-electron chi connectivity index (χ3n) is 6.23. The van der Waals surface area contributed by atoms with Gasteiger partial charge in [-0.05, 0) is 80.1 Å². The van der Waals surface area contributed by atoms with Crippen LogP contribution in [0.3, 0.4) is 0 Å². The van der Waals surface area contributed by atoms with Crippen LogP contribution in [-0.2, 0) is 31.9 Å². The van der Waals surface area contributed by atoms with Crippen LogP contribution in [0.2, 0.25) is 0 Å². The lowest BCUT2D eigenvalue weighted by molar-refractivity contribution is -0.138. The SMILES string of the molecule is C=CC(=O)OCCCc1ccc2c(c1)c1cc(CCCOC(=O)C=C)ccc1n2-c1ccc(C)cc1. The molecule has 0 amide bonds. The fourth-order valence-electron chi connectivity index (χ4n) is 4.42. The Balaban J connectivity index is 1.66. The van der Waals surface area contributed by atoms with Gasteiger partial charge in [0, 0.05) is 28.6 Å². The largest absolute Gasteiger partial charge is 0.463 e. The molecule has 0 N–H and O–H groups in total. The van der Waals surface area contributed by atoms with Crippen LogP contribution in [0.25, 0.3) is 27.5 Å². The van der Waals surface area contributed by atoms with E-state index < -0.39 is 11.9 Å². The molecule has 0 spiro atoms. The molecule has 36 heavy (non-hydrogen) atoms. The van der Waals surface area contributed by atoms with E-state index in [0.717, 1.165) is 42.4 Å². The Morgan fingerprint density at radius 2 is 1.22 bits per heavy atom. The molecule has 0 atom stereocenters. The highest BCUT2D eigenvalue weighted by molar-refractivity contribution is 6.09. The molecule has 0 aliphatic rings. The van der Waals surface area contributed by atoms with Crippen molar-refractivity contribution in [3.63, 3.8) is 0 Å². The summed E-state index contributed by atoms with van der Waals surface area (Å²) in [6, 6.07) is 21.7. The van der Waals surface area contributed by atoms with Crippen molar-refractivity contribution in [1.29, 1.82) is 0 Å². The lowest BCUT2D eigenvalue weighted by Crippen LogP contribution is -2.02. The second kappa shape index (κ2) is 11.5. The number of hydrogen-bond donors (Lipinski definition) is 0. The molecular formula is C31H31NO4. The van der Waals surface area contributed by atoms with E-state index in [2.05, 4.69) is 85.3 Å². The van der Waals surface area contributed by atoms with Gasteiger partial charge in [-0.3, -0.25) is 0 Å². The zero-order valence-electron chi connectivity index (χ0n) is 20.7. The van der Waals surface area contributed by atoms with Crippen LogP contribution in [0.15, 0.2) is 86.0 Å². The smallest absolute Gasteiger partial charge is 0.330 e. The van der Waals surface area contributed by atoms with Crippen molar-refractivity contribution < 1.29 is 19.1 Å². The normalized spacial score (nSPS) is 10.9. The molecule has 184 valence electrons. The van der Waals surface area contributed by atoms with E-state index in [1.165, 1.54) is 39.6 Å². The summed E-state index contributed by atoms with van der Waals surface area (Å²) in [6.45, 7) is 9.69. The zero-order valence-corrected chi connectivity index (χ0v) is 20.7. The first-order valence-corrected chi connectivity index (χ1v) is 12.2. The lowest BCUT2D eigenvalue weighted by atomic mass is 10.0. The van der Waals surface area contributed by atoms with Gasteiger partial charge in [0.15, 0.2) is 0 Å². The number of aromatic nitrogens is 1. The summed E-state index contributed by atoms with van der Waals surface area (Å²) in [5, 5.41) is 2.37. The Labute approximate surface area is 211 Å². The first-order valence-electron chi connectivity index (χ1n) is 12.2. The summed E-state index contributed by atoms with van der Waals surface area (Å²) in [6.07, 6.45) is 5.49. The van der Waals surface area contributed by atoms with Crippen molar-refractivity contribution in [3.05, 3.63) is 103 Å². The van der Waals surface area contributed by atoms with Gasteiger partial charge in [-0.15, -0.1) is 0 Å². The van der Waals surface area contributed by atoms with Crippen molar-refractivity contribution in [2.75, 3.05) is 13.2 Å². The average Bonchev–Trinajstić information content (AvgIpc) is 3.22. The molecule has 0 fully saturated rings. The number of fused-ring (bicyclic) bond motifs is 3. The van der Waals surface area contributed by atoms with Crippen molar-refractivity contribution >= 4 is 33.7 Å². The molecule has 0 bridgehead atoms. The van der Waals surface area contributed by atoms with E-state index in [4.69, 9.17) is 9.47 Å². The number of rotatable bonds is 11. The standard InChI is InChI=1S/C31H31NO4/c1-4-30(33)35-18-6-8-23-12-16-28-26(20-23)27-21-24(9-7-19-36-31(34)5-2)13-17-29(27)32(28)25-14-10-22(3)11-15-25/h4-5,10-17,20-21H,1-2,6-9,18-19H2,3H3. The number of ether oxygens (including phenoxy) is 2. The maximum Gasteiger partial charge on any atom is 0.330 e. The highest BCUT2D eigenvalue weighted by Crippen LogP contribution is 2.34. The number of benzene rings is 3. The molecule has 0 saturated heterocycles. The molecule has 0 unspecified atom stereocenters. The number of nitrogens with zero attached hydrogens (tertiary/aromatic N) is 1. The Morgan fingerprint density at radius 3 is 1.67 bits per heavy atom. The molecule has 5 heteroatoms. The lowest BCUT2D eigenvalue weighted by Gasteiger charge is -2.09. The van der Waals surface area contributed by atoms with E-state index >= 15 is 0 Å². The van der Waals surface area contributed by atoms with Gasteiger partial charge in [0.05, 0.1) is 24.2 Å². The average molecular weight is 482 g/mol. The number of esters is 2. The molecular weight excluding hydrogens is 450 g/mol. The van der Waals surface area contributed by atoms with Crippen LogP contribution < -0.4 is 0 Å². The van der Waals surface area contributed by atoms with E-state index in [-0.39, 0.29) is 0 Å². The topological polar surface area (TPSA) is 57.5 Å². The third kappa shape index (κ3) is 5.74. The number of aryl methyl sites for hydroxylation is 3. The second-order valence-electron chi connectivity index (χ2n) is 8.82. The summed E-state index contributed by atoms with van der Waals surface area (Å²) >= 11 is 0. The molecule has 3 aromatic carbocycles. The highest BCUT2D eigenvalue weighted by Gasteiger charge is 2.14. The summed E-state index contributed by atoms with van der Waals surface area (Å²) in [7, 11) is 0. The molecule has 0 radical (unpaired) electrons. The van der Waals surface area contributed by atoms with E-state index in [9.17, 15) is 9.59 Å². The predicted octanol–water partition coefficient (Wildman–Crippen LogP) is 6.42. The fraction of sp³-hybridized carbons (Fsp3) is 0.226. The maximum absolute atomic E-state index is 11.3. The summed E-state index contributed by atoms with van der Waals surface area (Å²) in [5.74, 6) is -0.781. The molecule has 1 aromatic heterocycles. The van der Waals surface area contributed by atoms with E-state index in [0.29, 0.717) is 13.2 Å². The maximum atomic E-state index is 11.3. The van der Waals surface area contributed by atoms with Crippen molar-refractivity contribution in [2.24, 2.45) is 0 Å². The van der Waals surface area contributed by atoms with Gasteiger partial charge in [0.1, 0.15) is 0 Å². The number of carbonyl (C=O) groups excluding carboxylic acids is 2. The highest BCUT2D eigenvalue weighted by atomic mass is 16.5. The van der Waals surface area contributed by atoms with Crippen molar-refractivity contribution in [1.82, 2.24) is 4.57 Å². The zero-order chi connectivity index (χ0) is 25.5. The minimum absolute atomic E-state index is 0.370. The molecule has 4 rings (SSSR count). The number of carbonyl (C=O) groups is 2. The van der Waals surface area contributed by atoms with Crippen LogP contribution in [-0.4, -0.2) is 29.7 Å². The quantitative estimate of drug-likeness (QED) is 0.141. The summed E-state index contributed by atoms with van der Waals surface area (Å²) in [5.41, 5.74) is 7.02. The molecule has 0 aliphatic carbocycles. The van der Waals surface area contributed by atoms with Gasteiger partial charge in [0.2, 0.25) is 0 Å². The molecule has 5 nitrogen and oxygen atoms in total. The van der Waals surface area contributed by atoms with Gasteiger partial charge < -0.3 is 14.0 Å². The van der Waals surface area contributed by atoms with E-state index in [1.807, 2.05) is 0 Å². The molecule has 0 saturated carbocycles. The number of hydrogen-bond acceptors (Lipinski definition) is 4. The molecule has 0 aliphatic heterocycles. The predicted molar refractivity (Wildman–Crippen MR) is 144 cm³/mol. The van der Waals surface area contributed by atoms with Gasteiger partial charge >= 0.3 is 11.9 Å². The van der Waals surface area contributed by atoms with Crippen molar-refractivity contribution in [3.8, 4) is 5.69 Å². The van der Waals surface area contributed by atoms with Gasteiger partial charge in [-0.2, -0.15) is 0 Å². The Hall–Kier alpha value is -4.12. The third-order valence-corrected chi connectivity index (χ3v) is 6.23.